The molecule has 1 amide bonds. The third kappa shape index (κ3) is 5.63. The van der Waals surface area contributed by atoms with Crippen LogP contribution in [0.4, 0.5) is 5.69 Å². The van der Waals surface area contributed by atoms with Gasteiger partial charge in [0.15, 0.2) is 0 Å². The predicted molar refractivity (Wildman–Crippen MR) is 121 cm³/mol. The smallest absolute Gasteiger partial charge is 0.245 e. The number of nitrogens with one attached hydrogen (secondary N) is 1. The first-order valence-corrected chi connectivity index (χ1v) is 9.98. The quantitative estimate of drug-likeness (QED) is 0.671. The molecular formula is C21H35Cl2N3O3. The van der Waals surface area contributed by atoms with Gasteiger partial charge in [0, 0.05) is 43.8 Å². The van der Waals surface area contributed by atoms with Crippen molar-refractivity contribution in [3.8, 4) is 0 Å². The zero-order valence-electron chi connectivity index (χ0n) is 17.6. The second kappa shape index (κ2) is 10.9. The van der Waals surface area contributed by atoms with E-state index in [2.05, 4.69) is 22.3 Å². The summed E-state index contributed by atoms with van der Waals surface area (Å²) in [5, 5.41) is 2.99. The maximum atomic E-state index is 12.8. The molecule has 0 spiro atoms. The van der Waals surface area contributed by atoms with E-state index < -0.39 is 5.54 Å². The van der Waals surface area contributed by atoms with E-state index in [0.717, 1.165) is 45.0 Å². The maximum absolute atomic E-state index is 12.8. The average Bonchev–Trinajstić information content (AvgIpc) is 2.68. The van der Waals surface area contributed by atoms with Crippen molar-refractivity contribution in [1.82, 2.24) is 4.90 Å². The number of hydrogen-bond donors (Lipinski definition) is 2. The number of halogens is 2. The van der Waals surface area contributed by atoms with E-state index in [-0.39, 0.29) is 42.2 Å². The Labute approximate surface area is 186 Å². The third-order valence-corrected chi connectivity index (χ3v) is 6.27. The minimum atomic E-state index is -0.901. The Morgan fingerprint density at radius 1 is 1.24 bits per heavy atom. The van der Waals surface area contributed by atoms with E-state index in [9.17, 15) is 4.79 Å². The van der Waals surface area contributed by atoms with Crippen molar-refractivity contribution < 1.29 is 14.3 Å². The number of carbonyl (C=O) groups excluding carboxylic acids is 1. The lowest BCUT2D eigenvalue weighted by atomic mass is 9.54. The number of hydrogen-bond acceptors (Lipinski definition) is 5. The molecule has 1 aliphatic carbocycles. The lowest BCUT2D eigenvalue weighted by molar-refractivity contribution is -0.166. The van der Waals surface area contributed by atoms with Crippen LogP contribution in [0.2, 0.25) is 0 Å². The van der Waals surface area contributed by atoms with Crippen molar-refractivity contribution in [3.05, 3.63) is 29.8 Å². The summed E-state index contributed by atoms with van der Waals surface area (Å²) in [4.78, 5) is 15.2. The van der Waals surface area contributed by atoms with Crippen LogP contribution in [-0.2, 0) is 20.7 Å². The molecule has 1 saturated carbocycles. The molecule has 2 aliphatic rings. The highest BCUT2D eigenvalue weighted by Crippen LogP contribution is 2.50. The van der Waals surface area contributed by atoms with Crippen molar-refractivity contribution in [2.45, 2.75) is 45.3 Å². The van der Waals surface area contributed by atoms with Gasteiger partial charge in [-0.25, -0.2) is 0 Å². The summed E-state index contributed by atoms with van der Waals surface area (Å²) in [6, 6.07) is 8.07. The molecule has 1 aromatic carbocycles. The summed E-state index contributed by atoms with van der Waals surface area (Å²) in [6.07, 6.45) is 1.58. The highest BCUT2D eigenvalue weighted by Gasteiger charge is 2.62. The van der Waals surface area contributed by atoms with E-state index in [1.807, 2.05) is 32.9 Å². The zero-order chi connectivity index (χ0) is 19.5. The maximum Gasteiger partial charge on any atom is 0.245 e. The van der Waals surface area contributed by atoms with Crippen LogP contribution in [0.3, 0.4) is 0 Å². The number of benzene rings is 1. The number of nitrogens with zero attached hydrogens (tertiary/aromatic N) is 1. The van der Waals surface area contributed by atoms with Gasteiger partial charge in [0.2, 0.25) is 5.91 Å². The highest BCUT2D eigenvalue weighted by atomic mass is 35.5. The molecule has 1 heterocycles. The Morgan fingerprint density at radius 3 is 2.41 bits per heavy atom. The topological polar surface area (TPSA) is 76.8 Å². The van der Waals surface area contributed by atoms with Crippen molar-refractivity contribution >= 4 is 36.4 Å². The Morgan fingerprint density at radius 2 is 1.86 bits per heavy atom. The van der Waals surface area contributed by atoms with Gasteiger partial charge in [-0.1, -0.05) is 26.0 Å². The first kappa shape index (κ1) is 26.1. The molecule has 3 rings (SSSR count). The number of anilines is 1. The van der Waals surface area contributed by atoms with Gasteiger partial charge in [0.1, 0.15) is 5.54 Å². The van der Waals surface area contributed by atoms with Crippen LogP contribution in [-0.4, -0.2) is 61.9 Å². The largest absolute Gasteiger partial charge is 0.379 e. The number of nitrogens with two attached hydrogens (primary N) is 1. The second-order valence-electron chi connectivity index (χ2n) is 8.20. The van der Waals surface area contributed by atoms with Gasteiger partial charge in [-0.15, -0.1) is 24.8 Å². The molecule has 0 aromatic heterocycles. The average molecular weight is 448 g/mol. The standard InChI is InChI=1S/C21H33N3O3.2ClH/c1-4-27-18-15-21(22,20(18,2)3)19(25)23-17-7-5-16(6-8-17)9-10-24-11-13-26-14-12-24;;/h5-8,18H,4,9-15,22H2,1-3H3,(H,23,25);2*1H. The molecular weight excluding hydrogens is 413 g/mol. The molecule has 8 heteroatoms. The minimum Gasteiger partial charge on any atom is -0.379 e. The molecule has 1 saturated heterocycles. The fraction of sp³-hybridized carbons (Fsp3) is 0.667. The summed E-state index contributed by atoms with van der Waals surface area (Å²) in [7, 11) is 0. The van der Waals surface area contributed by atoms with Crippen LogP contribution in [0.1, 0.15) is 32.8 Å². The first-order chi connectivity index (χ1) is 12.9. The monoisotopic (exact) mass is 447 g/mol. The van der Waals surface area contributed by atoms with E-state index in [4.69, 9.17) is 15.2 Å². The predicted octanol–water partition coefficient (Wildman–Crippen LogP) is 2.88. The molecule has 0 radical (unpaired) electrons. The first-order valence-electron chi connectivity index (χ1n) is 9.98. The van der Waals surface area contributed by atoms with E-state index in [1.165, 1.54) is 5.56 Å². The van der Waals surface area contributed by atoms with E-state index in [1.54, 1.807) is 0 Å². The van der Waals surface area contributed by atoms with Gasteiger partial charge in [0.25, 0.3) is 0 Å². The molecule has 3 N–H and O–H groups in total. The molecule has 2 atom stereocenters. The summed E-state index contributed by atoms with van der Waals surface area (Å²) < 4.78 is 11.1. The summed E-state index contributed by atoms with van der Waals surface area (Å²) in [6.45, 7) is 11.3. The molecule has 6 nitrogen and oxygen atoms in total. The third-order valence-electron chi connectivity index (χ3n) is 6.27. The van der Waals surface area contributed by atoms with E-state index >= 15 is 0 Å². The molecule has 29 heavy (non-hydrogen) atoms. The molecule has 1 aliphatic heterocycles. The minimum absolute atomic E-state index is 0. The number of morpholine rings is 1. The van der Waals surface area contributed by atoms with Gasteiger partial charge in [-0.05, 0) is 31.0 Å². The molecule has 166 valence electrons. The lowest BCUT2D eigenvalue weighted by Gasteiger charge is -2.57. The van der Waals surface area contributed by atoms with Crippen molar-refractivity contribution in [2.24, 2.45) is 11.1 Å². The van der Waals surface area contributed by atoms with E-state index in [0.29, 0.717) is 13.0 Å². The van der Waals surface area contributed by atoms with Gasteiger partial charge < -0.3 is 20.5 Å². The Balaban J connectivity index is 0.00000210. The number of amides is 1. The summed E-state index contributed by atoms with van der Waals surface area (Å²) >= 11 is 0. The Kier molecular flexibility index (Phi) is 9.86. The number of rotatable bonds is 7. The zero-order valence-corrected chi connectivity index (χ0v) is 19.2. The fourth-order valence-corrected chi connectivity index (χ4v) is 3.93. The van der Waals surface area contributed by atoms with Gasteiger partial charge >= 0.3 is 0 Å². The summed E-state index contributed by atoms with van der Waals surface area (Å²) in [5.74, 6) is -0.135. The SMILES string of the molecule is CCOC1CC(N)(C(=O)Nc2ccc(CCN3CCOCC3)cc2)C1(C)C.Cl.Cl. The van der Waals surface area contributed by atoms with Crippen LogP contribution in [0.5, 0.6) is 0 Å². The van der Waals surface area contributed by atoms with Crippen molar-refractivity contribution in [3.63, 3.8) is 0 Å². The van der Waals surface area contributed by atoms with Crippen molar-refractivity contribution in [2.75, 3.05) is 44.8 Å². The lowest BCUT2D eigenvalue weighted by Crippen LogP contribution is -2.74. The van der Waals surface area contributed by atoms with Crippen LogP contribution < -0.4 is 11.1 Å². The second-order valence-corrected chi connectivity index (χ2v) is 8.20. The molecule has 2 fully saturated rings. The highest BCUT2D eigenvalue weighted by molar-refractivity contribution is 5.99. The Bertz CT molecular complexity index is 651. The number of carbonyl (C=O) groups is 1. The van der Waals surface area contributed by atoms with Crippen LogP contribution in [0, 0.1) is 5.41 Å². The molecule has 1 aromatic rings. The normalized spacial score (nSPS) is 25.9. The van der Waals surface area contributed by atoms with Crippen LogP contribution >= 0.6 is 24.8 Å². The fourth-order valence-electron chi connectivity index (χ4n) is 3.93. The molecule has 2 unspecified atom stereocenters. The Hall–Kier alpha value is -0.890. The van der Waals surface area contributed by atoms with Gasteiger partial charge in [0.05, 0.1) is 19.3 Å². The van der Waals surface area contributed by atoms with Crippen LogP contribution in [0.15, 0.2) is 24.3 Å². The number of ether oxygens (including phenoxy) is 2. The summed E-state index contributed by atoms with van der Waals surface area (Å²) in [5.41, 5.74) is 7.21. The van der Waals surface area contributed by atoms with Crippen molar-refractivity contribution in [1.29, 1.82) is 0 Å². The van der Waals surface area contributed by atoms with Gasteiger partial charge in [-0.3, -0.25) is 9.69 Å². The molecule has 0 bridgehead atoms. The van der Waals surface area contributed by atoms with Crippen LogP contribution in [0.25, 0.3) is 0 Å². The van der Waals surface area contributed by atoms with Gasteiger partial charge in [-0.2, -0.15) is 0 Å².